The van der Waals surface area contributed by atoms with Crippen LogP contribution in [-0.2, 0) is 0 Å². The highest BCUT2D eigenvalue weighted by atomic mass is 35.5. The molecule has 140 valence electrons. The molecule has 1 amide bonds. The molecule has 0 unspecified atom stereocenters. The first-order chi connectivity index (χ1) is 13.0. The maximum absolute atomic E-state index is 12.5. The molecule has 0 spiro atoms. The van der Waals surface area contributed by atoms with Crippen molar-refractivity contribution in [2.45, 2.75) is 44.7 Å². The normalized spacial score (nSPS) is 14.2. The minimum absolute atomic E-state index is 0.0754. The number of amides is 1. The molecule has 1 aliphatic heterocycles. The zero-order valence-electron chi connectivity index (χ0n) is 15.3. The monoisotopic (exact) mass is 384 g/mol. The van der Waals surface area contributed by atoms with Gasteiger partial charge in [-0.1, -0.05) is 37.6 Å². The number of rotatable bonds is 8. The molecule has 3 rings (SSSR count). The number of carbonyl (C=O) groups excluding carboxylic acids is 1. The van der Waals surface area contributed by atoms with Crippen LogP contribution in [0.5, 0.6) is 0 Å². The number of halogens is 1. The highest BCUT2D eigenvalue weighted by Crippen LogP contribution is 2.36. The lowest BCUT2D eigenvalue weighted by atomic mass is 10.0. The number of para-hydroxylation sites is 1. The Labute approximate surface area is 163 Å². The molecular weight excluding hydrogens is 364 g/mol. The van der Waals surface area contributed by atoms with Gasteiger partial charge in [0.2, 0.25) is 5.82 Å². The molecule has 0 aliphatic carbocycles. The molecule has 0 atom stereocenters. The summed E-state index contributed by atoms with van der Waals surface area (Å²) in [5, 5.41) is 15.9. The summed E-state index contributed by atoms with van der Waals surface area (Å²) in [5.74, 6) is 3.11. The number of hydrogen-bond donors (Lipinski definition) is 1. The largest absolute Gasteiger partial charge is 0.349 e. The van der Waals surface area contributed by atoms with Gasteiger partial charge in [-0.15, -0.1) is 17.4 Å². The second-order valence-electron chi connectivity index (χ2n) is 6.70. The van der Waals surface area contributed by atoms with Crippen molar-refractivity contribution >= 4 is 17.5 Å². The number of benzene rings is 1. The summed E-state index contributed by atoms with van der Waals surface area (Å²) in [6, 6.07) is 7.33. The van der Waals surface area contributed by atoms with Gasteiger partial charge in [0, 0.05) is 31.7 Å². The van der Waals surface area contributed by atoms with E-state index in [2.05, 4.69) is 31.5 Å². The van der Waals surface area contributed by atoms with E-state index in [4.69, 9.17) is 18.0 Å². The zero-order chi connectivity index (χ0) is 19.4. The minimum Gasteiger partial charge on any atom is -0.349 e. The first-order valence-electron chi connectivity index (χ1n) is 8.83. The zero-order valence-corrected chi connectivity index (χ0v) is 16.1. The third kappa shape index (κ3) is 4.34. The van der Waals surface area contributed by atoms with Crippen molar-refractivity contribution in [1.29, 1.82) is 0 Å². The first kappa shape index (κ1) is 19.1. The van der Waals surface area contributed by atoms with Gasteiger partial charge in [0.1, 0.15) is 5.82 Å². The van der Waals surface area contributed by atoms with Crippen LogP contribution >= 0.6 is 11.6 Å². The molecule has 7 nitrogen and oxygen atoms in total. The molecule has 2 aromatic rings. The molecule has 0 saturated heterocycles. The van der Waals surface area contributed by atoms with Crippen molar-refractivity contribution in [2.24, 2.45) is 10.2 Å². The third-order valence-corrected chi connectivity index (χ3v) is 4.62. The van der Waals surface area contributed by atoms with E-state index in [0.29, 0.717) is 42.3 Å². The quantitative estimate of drug-likeness (QED) is 0.703. The summed E-state index contributed by atoms with van der Waals surface area (Å²) in [5.41, 5.74) is 0.269. The third-order valence-electron chi connectivity index (χ3n) is 4.30. The highest BCUT2D eigenvalue weighted by Gasteiger charge is 2.38. The summed E-state index contributed by atoms with van der Waals surface area (Å²) in [4.78, 5) is 16.9. The number of terminal acetylenes is 1. The molecular formula is C19H21ClN6O. The van der Waals surface area contributed by atoms with Gasteiger partial charge in [0.25, 0.3) is 5.91 Å². The predicted molar refractivity (Wildman–Crippen MR) is 103 cm³/mol. The molecule has 1 aromatic heterocycles. The molecule has 27 heavy (non-hydrogen) atoms. The van der Waals surface area contributed by atoms with Crippen LogP contribution in [0.2, 0.25) is 5.02 Å². The molecule has 0 bridgehead atoms. The van der Waals surface area contributed by atoms with Gasteiger partial charge < -0.3 is 5.32 Å². The van der Waals surface area contributed by atoms with E-state index in [1.54, 1.807) is 10.7 Å². The van der Waals surface area contributed by atoms with Crippen LogP contribution in [-0.4, -0.2) is 32.9 Å². The summed E-state index contributed by atoms with van der Waals surface area (Å²) in [7, 11) is 0. The van der Waals surface area contributed by atoms with Gasteiger partial charge in [-0.05, 0) is 12.1 Å². The second kappa shape index (κ2) is 7.89. The smallest absolute Gasteiger partial charge is 0.290 e. The lowest BCUT2D eigenvalue weighted by molar-refractivity contribution is 0.0941. The SMILES string of the molecule is C#CCCC1(CCNC(=O)c2nc(C(C)C)n(-c3ccccc3Cl)n2)N=N1. The van der Waals surface area contributed by atoms with Gasteiger partial charge in [-0.2, -0.15) is 10.2 Å². The van der Waals surface area contributed by atoms with Crippen LogP contribution in [0, 0.1) is 12.3 Å². The second-order valence-corrected chi connectivity index (χ2v) is 7.11. The van der Waals surface area contributed by atoms with Gasteiger partial charge in [0.15, 0.2) is 5.66 Å². The Morgan fingerprint density at radius 3 is 2.70 bits per heavy atom. The van der Waals surface area contributed by atoms with Crippen LogP contribution in [0.3, 0.4) is 0 Å². The first-order valence-corrected chi connectivity index (χ1v) is 9.21. The van der Waals surface area contributed by atoms with Gasteiger partial charge in [-0.3, -0.25) is 4.79 Å². The average Bonchev–Trinajstić information content (AvgIpc) is 3.26. The minimum atomic E-state index is -0.424. The Hall–Kier alpha value is -2.72. The van der Waals surface area contributed by atoms with E-state index in [0.717, 1.165) is 0 Å². The standard InChI is InChI=1S/C19H21ClN6O/c1-4-5-10-19(24-25-19)11-12-21-18(27)16-22-17(13(2)3)26(23-16)15-9-7-6-8-14(15)20/h1,6-9,13H,5,10-12H2,2-3H3,(H,21,27). The van der Waals surface area contributed by atoms with E-state index in [1.807, 2.05) is 32.0 Å². The molecule has 0 radical (unpaired) electrons. The van der Waals surface area contributed by atoms with E-state index in [-0.39, 0.29) is 17.6 Å². The van der Waals surface area contributed by atoms with Crippen LogP contribution < -0.4 is 5.32 Å². The van der Waals surface area contributed by atoms with Gasteiger partial charge in [-0.25, -0.2) is 9.67 Å². The van der Waals surface area contributed by atoms with Crippen molar-refractivity contribution in [3.63, 3.8) is 0 Å². The summed E-state index contributed by atoms with van der Waals surface area (Å²) < 4.78 is 1.63. The maximum Gasteiger partial charge on any atom is 0.290 e. The molecule has 0 saturated carbocycles. The van der Waals surface area contributed by atoms with Crippen LogP contribution in [0.15, 0.2) is 34.5 Å². The van der Waals surface area contributed by atoms with E-state index in [9.17, 15) is 4.79 Å². The molecule has 1 aromatic carbocycles. The Bertz CT molecular complexity index is 905. The molecule has 1 aliphatic rings. The topological polar surface area (TPSA) is 84.5 Å². The predicted octanol–water partition coefficient (Wildman–Crippen LogP) is 3.74. The fourth-order valence-corrected chi connectivity index (χ4v) is 2.93. The number of hydrogen-bond acceptors (Lipinski definition) is 5. The average molecular weight is 385 g/mol. The molecule has 2 heterocycles. The Morgan fingerprint density at radius 1 is 1.33 bits per heavy atom. The number of nitrogens with zero attached hydrogens (tertiary/aromatic N) is 5. The van der Waals surface area contributed by atoms with Crippen LogP contribution in [0.4, 0.5) is 0 Å². The summed E-state index contributed by atoms with van der Waals surface area (Å²) >= 11 is 6.28. The highest BCUT2D eigenvalue weighted by molar-refractivity contribution is 6.32. The van der Waals surface area contributed by atoms with Gasteiger partial charge in [0.05, 0.1) is 10.7 Å². The van der Waals surface area contributed by atoms with Crippen molar-refractivity contribution < 1.29 is 4.79 Å². The Kier molecular flexibility index (Phi) is 5.57. The van der Waals surface area contributed by atoms with Crippen LogP contribution in [0.25, 0.3) is 5.69 Å². The number of carbonyl (C=O) groups is 1. The Morgan fingerprint density at radius 2 is 2.07 bits per heavy atom. The number of aromatic nitrogens is 3. The molecule has 8 heteroatoms. The Balaban J connectivity index is 1.70. The van der Waals surface area contributed by atoms with Gasteiger partial charge >= 0.3 is 0 Å². The summed E-state index contributed by atoms with van der Waals surface area (Å²) in [6.45, 7) is 4.41. The molecule has 0 fully saturated rings. The maximum atomic E-state index is 12.5. The lowest BCUT2D eigenvalue weighted by Gasteiger charge is -2.09. The van der Waals surface area contributed by atoms with Crippen molar-refractivity contribution in [1.82, 2.24) is 20.1 Å². The van der Waals surface area contributed by atoms with Crippen molar-refractivity contribution in [3.05, 3.63) is 40.9 Å². The van der Waals surface area contributed by atoms with E-state index >= 15 is 0 Å². The molecule has 1 N–H and O–H groups in total. The summed E-state index contributed by atoms with van der Waals surface area (Å²) in [6.07, 6.45) is 7.22. The van der Waals surface area contributed by atoms with Crippen molar-refractivity contribution in [3.8, 4) is 18.0 Å². The number of nitrogens with one attached hydrogen (secondary N) is 1. The lowest BCUT2D eigenvalue weighted by Crippen LogP contribution is -2.29. The van der Waals surface area contributed by atoms with Crippen LogP contribution in [0.1, 0.15) is 55.5 Å². The fourth-order valence-electron chi connectivity index (χ4n) is 2.72. The van der Waals surface area contributed by atoms with E-state index in [1.165, 1.54) is 0 Å². The van der Waals surface area contributed by atoms with Crippen molar-refractivity contribution in [2.75, 3.05) is 6.54 Å². The fraction of sp³-hybridized carbons (Fsp3) is 0.421. The van der Waals surface area contributed by atoms with E-state index < -0.39 is 5.66 Å².